The Balaban J connectivity index is 1.60. The van der Waals surface area contributed by atoms with Crippen LogP contribution in [0.5, 0.6) is 0 Å². The van der Waals surface area contributed by atoms with Gasteiger partial charge in [-0.15, -0.1) is 0 Å². The standard InChI is InChI=1S/C21H23N3O2/c1-3-24(17-8-6-7-15(2)11-17)21(26)14-23-20(25)12-16-13-22-19-10-5-4-9-18(16)19/h4-11,13,22H,3,12,14H2,1-2H3,(H,23,25). The summed E-state index contributed by atoms with van der Waals surface area (Å²) in [6.07, 6.45) is 2.09. The molecule has 134 valence electrons. The topological polar surface area (TPSA) is 65.2 Å². The molecule has 26 heavy (non-hydrogen) atoms. The minimum atomic E-state index is -0.164. The van der Waals surface area contributed by atoms with Gasteiger partial charge in [-0.3, -0.25) is 9.59 Å². The lowest BCUT2D eigenvalue weighted by molar-refractivity contribution is -0.124. The van der Waals surface area contributed by atoms with Gasteiger partial charge in [-0.2, -0.15) is 0 Å². The zero-order chi connectivity index (χ0) is 18.5. The molecule has 0 aliphatic heterocycles. The molecule has 1 heterocycles. The first-order valence-electron chi connectivity index (χ1n) is 8.77. The molecule has 2 N–H and O–H groups in total. The lowest BCUT2D eigenvalue weighted by atomic mass is 10.1. The first-order valence-corrected chi connectivity index (χ1v) is 8.77. The molecule has 0 bridgehead atoms. The average Bonchev–Trinajstić information content (AvgIpc) is 3.04. The fourth-order valence-corrected chi connectivity index (χ4v) is 3.08. The van der Waals surface area contributed by atoms with E-state index in [1.54, 1.807) is 4.90 Å². The van der Waals surface area contributed by atoms with Gasteiger partial charge in [0.05, 0.1) is 13.0 Å². The van der Waals surface area contributed by atoms with Crippen molar-refractivity contribution in [1.82, 2.24) is 10.3 Å². The number of benzene rings is 2. The number of nitrogens with one attached hydrogen (secondary N) is 2. The highest BCUT2D eigenvalue weighted by atomic mass is 16.2. The third kappa shape index (κ3) is 3.94. The van der Waals surface area contributed by atoms with Crippen molar-refractivity contribution in [2.24, 2.45) is 0 Å². The maximum absolute atomic E-state index is 12.5. The van der Waals surface area contributed by atoms with Crippen molar-refractivity contribution in [1.29, 1.82) is 0 Å². The number of para-hydroxylation sites is 1. The molecule has 1 aromatic heterocycles. The van der Waals surface area contributed by atoms with E-state index in [0.717, 1.165) is 27.7 Å². The Morgan fingerprint density at radius 1 is 1.12 bits per heavy atom. The number of H-pyrrole nitrogens is 1. The van der Waals surface area contributed by atoms with Crippen molar-refractivity contribution >= 4 is 28.4 Å². The smallest absolute Gasteiger partial charge is 0.246 e. The Morgan fingerprint density at radius 3 is 2.69 bits per heavy atom. The van der Waals surface area contributed by atoms with Crippen LogP contribution in [-0.2, 0) is 16.0 Å². The van der Waals surface area contributed by atoms with Gasteiger partial charge >= 0.3 is 0 Å². The van der Waals surface area contributed by atoms with Gasteiger partial charge in [0.15, 0.2) is 0 Å². The molecule has 5 nitrogen and oxygen atoms in total. The molecule has 0 spiro atoms. The summed E-state index contributed by atoms with van der Waals surface area (Å²) < 4.78 is 0. The van der Waals surface area contributed by atoms with E-state index in [9.17, 15) is 9.59 Å². The number of aryl methyl sites for hydroxylation is 1. The summed E-state index contributed by atoms with van der Waals surface area (Å²) in [5.41, 5.74) is 3.88. The van der Waals surface area contributed by atoms with Crippen molar-refractivity contribution in [3.05, 3.63) is 65.9 Å². The van der Waals surface area contributed by atoms with Crippen molar-refractivity contribution < 1.29 is 9.59 Å². The Morgan fingerprint density at radius 2 is 1.92 bits per heavy atom. The summed E-state index contributed by atoms with van der Waals surface area (Å²) in [5, 5.41) is 3.77. The zero-order valence-corrected chi connectivity index (χ0v) is 15.1. The number of amides is 2. The van der Waals surface area contributed by atoms with Crippen LogP contribution in [0.15, 0.2) is 54.7 Å². The molecule has 0 fully saturated rings. The molecule has 5 heteroatoms. The second-order valence-electron chi connectivity index (χ2n) is 6.29. The molecule has 2 aromatic carbocycles. The van der Waals surface area contributed by atoms with Crippen LogP contribution in [0, 0.1) is 6.92 Å². The second kappa shape index (κ2) is 7.87. The van der Waals surface area contributed by atoms with Crippen LogP contribution in [0.2, 0.25) is 0 Å². The Labute approximate surface area is 153 Å². The van der Waals surface area contributed by atoms with Crippen molar-refractivity contribution in [3.63, 3.8) is 0 Å². The van der Waals surface area contributed by atoms with Gasteiger partial charge in [-0.05, 0) is 43.2 Å². The monoisotopic (exact) mass is 349 g/mol. The highest BCUT2D eigenvalue weighted by Gasteiger charge is 2.15. The van der Waals surface area contributed by atoms with E-state index in [4.69, 9.17) is 0 Å². The predicted molar refractivity (Wildman–Crippen MR) is 104 cm³/mol. The molecule has 3 aromatic rings. The fourth-order valence-electron chi connectivity index (χ4n) is 3.08. The number of aromatic nitrogens is 1. The van der Waals surface area contributed by atoms with E-state index >= 15 is 0 Å². The molecule has 0 unspecified atom stereocenters. The van der Waals surface area contributed by atoms with E-state index < -0.39 is 0 Å². The minimum absolute atomic E-state index is 0.0109. The van der Waals surface area contributed by atoms with Crippen LogP contribution >= 0.6 is 0 Å². The summed E-state index contributed by atoms with van der Waals surface area (Å²) in [7, 11) is 0. The first-order chi connectivity index (χ1) is 12.6. The molecule has 2 amide bonds. The van der Waals surface area contributed by atoms with Gasteiger partial charge < -0.3 is 15.2 Å². The Hall–Kier alpha value is -3.08. The van der Waals surface area contributed by atoms with Gasteiger partial charge in [-0.1, -0.05) is 30.3 Å². The number of rotatable bonds is 6. The average molecular weight is 349 g/mol. The number of likely N-dealkylation sites (N-methyl/N-ethyl adjacent to an activating group) is 1. The van der Waals surface area contributed by atoms with E-state index in [2.05, 4.69) is 10.3 Å². The third-order valence-corrected chi connectivity index (χ3v) is 4.39. The first kappa shape index (κ1) is 17.7. The Kier molecular flexibility index (Phi) is 5.37. The van der Waals surface area contributed by atoms with Crippen molar-refractivity contribution in [2.75, 3.05) is 18.0 Å². The highest BCUT2D eigenvalue weighted by molar-refractivity contribution is 5.97. The van der Waals surface area contributed by atoms with Gasteiger partial charge in [0.25, 0.3) is 0 Å². The molecular formula is C21H23N3O2. The summed E-state index contributed by atoms with van der Waals surface area (Å²) in [4.78, 5) is 29.6. The van der Waals surface area contributed by atoms with Crippen molar-refractivity contribution in [3.8, 4) is 0 Å². The van der Waals surface area contributed by atoms with E-state index in [-0.39, 0.29) is 24.8 Å². The molecule has 0 saturated carbocycles. The van der Waals surface area contributed by atoms with Crippen LogP contribution in [0.1, 0.15) is 18.1 Å². The highest BCUT2D eigenvalue weighted by Crippen LogP contribution is 2.18. The largest absolute Gasteiger partial charge is 0.361 e. The lowest BCUT2D eigenvalue weighted by Gasteiger charge is -2.21. The molecule has 0 aliphatic rings. The van der Waals surface area contributed by atoms with Crippen LogP contribution < -0.4 is 10.2 Å². The van der Waals surface area contributed by atoms with Crippen molar-refractivity contribution in [2.45, 2.75) is 20.3 Å². The summed E-state index contributed by atoms with van der Waals surface area (Å²) in [6, 6.07) is 15.6. The predicted octanol–water partition coefficient (Wildman–Crippen LogP) is 3.19. The van der Waals surface area contributed by atoms with E-state index in [1.165, 1.54) is 0 Å². The normalized spacial score (nSPS) is 10.7. The van der Waals surface area contributed by atoms with Gasteiger partial charge in [-0.25, -0.2) is 0 Å². The summed E-state index contributed by atoms with van der Waals surface area (Å²) in [5.74, 6) is -0.284. The Bertz CT molecular complexity index is 930. The number of carbonyl (C=O) groups excluding carboxylic acids is 2. The number of hydrogen-bond donors (Lipinski definition) is 2. The SMILES string of the molecule is CCN(C(=O)CNC(=O)Cc1c[nH]c2ccccc12)c1cccc(C)c1. The quantitative estimate of drug-likeness (QED) is 0.718. The molecule has 0 aliphatic carbocycles. The van der Waals surface area contributed by atoms with Crippen LogP contribution in [0.25, 0.3) is 10.9 Å². The molecular weight excluding hydrogens is 326 g/mol. The van der Waals surface area contributed by atoms with Crippen LogP contribution in [0.4, 0.5) is 5.69 Å². The molecule has 3 rings (SSSR count). The number of fused-ring (bicyclic) bond motifs is 1. The number of nitrogens with zero attached hydrogens (tertiary/aromatic N) is 1. The molecule has 0 radical (unpaired) electrons. The second-order valence-corrected chi connectivity index (χ2v) is 6.29. The van der Waals surface area contributed by atoms with E-state index in [1.807, 2.05) is 68.6 Å². The fraction of sp³-hybridized carbons (Fsp3) is 0.238. The number of aromatic amines is 1. The molecule has 0 atom stereocenters. The maximum atomic E-state index is 12.5. The van der Waals surface area contributed by atoms with Crippen LogP contribution in [-0.4, -0.2) is 29.9 Å². The van der Waals surface area contributed by atoms with E-state index in [0.29, 0.717) is 6.54 Å². The lowest BCUT2D eigenvalue weighted by Crippen LogP contribution is -2.40. The maximum Gasteiger partial charge on any atom is 0.246 e. The number of anilines is 1. The summed E-state index contributed by atoms with van der Waals surface area (Å²) in [6.45, 7) is 4.46. The van der Waals surface area contributed by atoms with Crippen LogP contribution in [0.3, 0.4) is 0 Å². The number of carbonyl (C=O) groups is 2. The number of hydrogen-bond acceptors (Lipinski definition) is 2. The molecule has 0 saturated heterocycles. The zero-order valence-electron chi connectivity index (χ0n) is 15.1. The van der Waals surface area contributed by atoms with Gasteiger partial charge in [0.2, 0.25) is 11.8 Å². The third-order valence-electron chi connectivity index (χ3n) is 4.39. The summed E-state index contributed by atoms with van der Waals surface area (Å²) >= 11 is 0. The van der Waals surface area contributed by atoms with Gasteiger partial charge in [0.1, 0.15) is 0 Å². The minimum Gasteiger partial charge on any atom is -0.361 e. The van der Waals surface area contributed by atoms with Gasteiger partial charge in [0, 0.05) is 29.3 Å².